The van der Waals surface area contributed by atoms with Crippen molar-refractivity contribution in [3.63, 3.8) is 0 Å². The van der Waals surface area contributed by atoms with Gasteiger partial charge in [0, 0.05) is 0 Å². The Morgan fingerprint density at radius 2 is 0.960 bits per heavy atom. The highest BCUT2D eigenvalue weighted by Crippen LogP contribution is 2.14. The van der Waals surface area contributed by atoms with Crippen molar-refractivity contribution in [2.75, 3.05) is 0 Å². The van der Waals surface area contributed by atoms with Crippen molar-refractivity contribution in [1.29, 1.82) is 0 Å². The minimum atomic E-state index is -0.903. The van der Waals surface area contributed by atoms with Crippen LogP contribution >= 0.6 is 0 Å². The first-order chi connectivity index (χ1) is 12.2. The molecule has 1 unspecified atom stereocenters. The smallest absolute Gasteiger partial charge is 0.305 e. The highest BCUT2D eigenvalue weighted by Gasteiger charge is 2.08. The summed E-state index contributed by atoms with van der Waals surface area (Å²) >= 11 is 0. The second-order valence-corrected chi connectivity index (χ2v) is 7.70. The third-order valence-electron chi connectivity index (χ3n) is 5.05. The van der Waals surface area contributed by atoms with E-state index in [2.05, 4.69) is 6.92 Å². The van der Waals surface area contributed by atoms with Gasteiger partial charge in [-0.1, -0.05) is 116 Å². The Morgan fingerprint density at radius 1 is 0.640 bits per heavy atom. The molecule has 0 heterocycles. The molecular formula is C22H44O3. The first kappa shape index (κ1) is 24.4. The lowest BCUT2D eigenvalue weighted by Gasteiger charge is -2.07. The molecule has 0 aromatic rings. The van der Waals surface area contributed by atoms with Crippen LogP contribution in [0, 0.1) is 0 Å². The maximum Gasteiger partial charge on any atom is 0.305 e. The summed E-state index contributed by atoms with van der Waals surface area (Å²) in [4.78, 5) is 10.4. The molecule has 0 bridgehead atoms. The number of carboxylic acids is 1. The second kappa shape index (κ2) is 19.8. The molecular weight excluding hydrogens is 312 g/mol. The summed E-state index contributed by atoms with van der Waals surface area (Å²) in [5.41, 5.74) is 0. The van der Waals surface area contributed by atoms with Crippen LogP contribution in [-0.2, 0) is 4.79 Å². The number of hydrogen-bond acceptors (Lipinski definition) is 2. The summed E-state index contributed by atoms with van der Waals surface area (Å²) in [5, 5.41) is 18.0. The first-order valence-corrected chi connectivity index (χ1v) is 11.1. The van der Waals surface area contributed by atoms with Gasteiger partial charge < -0.3 is 10.2 Å². The fraction of sp³-hybridized carbons (Fsp3) is 0.955. The number of rotatable bonds is 20. The fourth-order valence-corrected chi connectivity index (χ4v) is 3.41. The maximum atomic E-state index is 10.4. The molecule has 0 aromatic heterocycles. The van der Waals surface area contributed by atoms with Gasteiger partial charge in [0.1, 0.15) is 0 Å². The standard InChI is InChI=1S/C22H44O3/c1-2-3-4-5-6-7-8-9-10-11-12-13-14-15-16-17-18-19-21(23)20-22(24)25/h21,23H,2-20H2,1H3,(H,24,25). The second-order valence-electron chi connectivity index (χ2n) is 7.70. The topological polar surface area (TPSA) is 57.5 Å². The SMILES string of the molecule is CCCCCCCCCCCCCCCCCCCC(O)CC(=O)O. The molecule has 0 aliphatic carbocycles. The molecule has 0 aliphatic rings. The molecule has 3 nitrogen and oxygen atoms in total. The Hall–Kier alpha value is -0.570. The zero-order valence-electron chi connectivity index (χ0n) is 16.8. The number of aliphatic hydroxyl groups excluding tert-OH is 1. The minimum Gasteiger partial charge on any atom is -0.481 e. The molecule has 0 saturated heterocycles. The molecule has 0 radical (unpaired) electrons. The Labute approximate surface area is 156 Å². The van der Waals surface area contributed by atoms with Crippen LogP contribution in [0.5, 0.6) is 0 Å². The van der Waals surface area contributed by atoms with Gasteiger partial charge in [-0.25, -0.2) is 0 Å². The Bertz CT molecular complexity index is 278. The molecule has 0 spiro atoms. The van der Waals surface area contributed by atoms with E-state index in [4.69, 9.17) is 5.11 Å². The lowest BCUT2D eigenvalue weighted by molar-refractivity contribution is -0.139. The van der Waals surface area contributed by atoms with Crippen LogP contribution < -0.4 is 0 Å². The Morgan fingerprint density at radius 3 is 1.28 bits per heavy atom. The Kier molecular flexibility index (Phi) is 19.3. The van der Waals surface area contributed by atoms with Gasteiger partial charge in [0.05, 0.1) is 12.5 Å². The molecule has 0 aliphatic heterocycles. The van der Waals surface area contributed by atoms with Gasteiger partial charge in [-0.3, -0.25) is 4.79 Å². The number of hydrogen-bond donors (Lipinski definition) is 2. The normalized spacial score (nSPS) is 12.4. The summed E-state index contributed by atoms with van der Waals surface area (Å²) in [5.74, 6) is -0.903. The van der Waals surface area contributed by atoms with Gasteiger partial charge in [-0.2, -0.15) is 0 Å². The summed E-state index contributed by atoms with van der Waals surface area (Å²) < 4.78 is 0. The number of aliphatic hydroxyl groups is 1. The van der Waals surface area contributed by atoms with Gasteiger partial charge in [0.15, 0.2) is 0 Å². The zero-order valence-corrected chi connectivity index (χ0v) is 16.8. The van der Waals surface area contributed by atoms with Gasteiger partial charge in [-0.15, -0.1) is 0 Å². The molecule has 2 N–H and O–H groups in total. The first-order valence-electron chi connectivity index (χ1n) is 11.1. The van der Waals surface area contributed by atoms with Crippen molar-refractivity contribution in [2.24, 2.45) is 0 Å². The molecule has 3 heteroatoms. The highest BCUT2D eigenvalue weighted by molar-refractivity contribution is 5.67. The van der Waals surface area contributed by atoms with Crippen LogP contribution in [0.1, 0.15) is 129 Å². The summed E-state index contributed by atoms with van der Waals surface area (Å²) in [6.45, 7) is 2.27. The average molecular weight is 357 g/mol. The summed E-state index contributed by atoms with van der Waals surface area (Å²) in [6, 6.07) is 0. The number of carbonyl (C=O) groups is 1. The summed E-state index contributed by atoms with van der Waals surface area (Å²) in [6.07, 6.45) is 22.7. The molecule has 150 valence electrons. The highest BCUT2D eigenvalue weighted by atomic mass is 16.4. The van der Waals surface area contributed by atoms with Crippen molar-refractivity contribution in [1.82, 2.24) is 0 Å². The van der Waals surface area contributed by atoms with Crippen molar-refractivity contribution < 1.29 is 15.0 Å². The lowest BCUT2D eigenvalue weighted by atomic mass is 10.0. The molecule has 0 fully saturated rings. The molecule has 0 rings (SSSR count). The zero-order chi connectivity index (χ0) is 18.6. The van der Waals surface area contributed by atoms with E-state index in [9.17, 15) is 9.90 Å². The monoisotopic (exact) mass is 356 g/mol. The molecule has 0 saturated carbocycles. The molecule has 0 aromatic carbocycles. The predicted octanol–water partition coefficient (Wildman–Crippen LogP) is 6.86. The minimum absolute atomic E-state index is 0.112. The van der Waals surface area contributed by atoms with Crippen molar-refractivity contribution >= 4 is 5.97 Å². The lowest BCUT2D eigenvalue weighted by Crippen LogP contribution is -2.12. The largest absolute Gasteiger partial charge is 0.481 e. The number of carboxylic acid groups (broad SMARTS) is 1. The van der Waals surface area contributed by atoms with E-state index in [1.54, 1.807) is 0 Å². The Balaban J connectivity index is 3.06. The van der Waals surface area contributed by atoms with Crippen LogP contribution in [0.3, 0.4) is 0 Å². The van der Waals surface area contributed by atoms with Gasteiger partial charge >= 0.3 is 5.97 Å². The van der Waals surface area contributed by atoms with Crippen LogP contribution in [0.4, 0.5) is 0 Å². The predicted molar refractivity (Wildman–Crippen MR) is 107 cm³/mol. The van der Waals surface area contributed by atoms with E-state index in [1.807, 2.05) is 0 Å². The third-order valence-corrected chi connectivity index (χ3v) is 5.05. The van der Waals surface area contributed by atoms with Crippen molar-refractivity contribution in [3.8, 4) is 0 Å². The van der Waals surface area contributed by atoms with Crippen LogP contribution in [0.2, 0.25) is 0 Å². The molecule has 25 heavy (non-hydrogen) atoms. The van der Waals surface area contributed by atoms with E-state index in [1.165, 1.54) is 96.3 Å². The van der Waals surface area contributed by atoms with E-state index in [-0.39, 0.29) is 6.42 Å². The van der Waals surface area contributed by atoms with Crippen molar-refractivity contribution in [3.05, 3.63) is 0 Å². The van der Waals surface area contributed by atoms with Crippen molar-refractivity contribution in [2.45, 2.75) is 135 Å². The summed E-state index contributed by atoms with van der Waals surface area (Å²) in [7, 11) is 0. The van der Waals surface area contributed by atoms with Crippen LogP contribution in [0.25, 0.3) is 0 Å². The van der Waals surface area contributed by atoms with E-state index in [0.29, 0.717) is 6.42 Å². The van der Waals surface area contributed by atoms with Gasteiger partial charge in [-0.05, 0) is 6.42 Å². The fourth-order valence-electron chi connectivity index (χ4n) is 3.41. The maximum absolute atomic E-state index is 10.4. The number of aliphatic carboxylic acids is 1. The van der Waals surface area contributed by atoms with Crippen LogP contribution in [0.15, 0.2) is 0 Å². The van der Waals surface area contributed by atoms with E-state index >= 15 is 0 Å². The quantitative estimate of drug-likeness (QED) is 0.234. The molecule has 1 atom stereocenters. The third kappa shape index (κ3) is 21.4. The van der Waals surface area contributed by atoms with E-state index < -0.39 is 12.1 Å². The van der Waals surface area contributed by atoms with Gasteiger partial charge in [0.25, 0.3) is 0 Å². The van der Waals surface area contributed by atoms with E-state index in [0.717, 1.165) is 12.8 Å². The van der Waals surface area contributed by atoms with Crippen LogP contribution in [-0.4, -0.2) is 22.3 Å². The number of unbranched alkanes of at least 4 members (excludes halogenated alkanes) is 16. The average Bonchev–Trinajstić information content (AvgIpc) is 2.57. The van der Waals surface area contributed by atoms with Gasteiger partial charge in [0.2, 0.25) is 0 Å². The molecule has 0 amide bonds.